The number of anilines is 3. The summed E-state index contributed by atoms with van der Waals surface area (Å²) in [5.41, 5.74) is 1.63. The Balaban J connectivity index is 1.46. The molecule has 1 heterocycles. The molecule has 2 aromatic rings. The molecule has 0 aromatic heterocycles. The first-order chi connectivity index (χ1) is 13.0. The van der Waals surface area contributed by atoms with Gasteiger partial charge in [0.05, 0.1) is 0 Å². The fraction of sp³-hybridized carbons (Fsp3) is 0.350. The number of rotatable bonds is 6. The normalized spacial score (nSPS) is 14.9. The number of hydrogen-bond acceptors (Lipinski definition) is 4. The predicted molar refractivity (Wildman–Crippen MR) is 104 cm³/mol. The Morgan fingerprint density at radius 2 is 1.63 bits per heavy atom. The van der Waals surface area contributed by atoms with Gasteiger partial charge < -0.3 is 20.4 Å². The maximum absolute atomic E-state index is 13.5. The molecule has 0 aliphatic carbocycles. The van der Waals surface area contributed by atoms with Crippen LogP contribution in [0.4, 0.5) is 25.8 Å². The van der Waals surface area contributed by atoms with Crippen molar-refractivity contribution < 1.29 is 13.6 Å². The molecule has 1 aliphatic heterocycles. The Morgan fingerprint density at radius 1 is 1.00 bits per heavy atom. The molecule has 0 saturated carbocycles. The van der Waals surface area contributed by atoms with Gasteiger partial charge in [-0.3, -0.25) is 4.79 Å². The van der Waals surface area contributed by atoms with Gasteiger partial charge in [-0.25, -0.2) is 8.78 Å². The van der Waals surface area contributed by atoms with E-state index in [2.05, 4.69) is 27.5 Å². The van der Waals surface area contributed by atoms with Crippen LogP contribution in [0.15, 0.2) is 42.5 Å². The number of nitrogens with one attached hydrogen (secondary N) is 2. The van der Waals surface area contributed by atoms with Crippen molar-refractivity contribution in [3.8, 4) is 0 Å². The van der Waals surface area contributed by atoms with Crippen LogP contribution in [0, 0.1) is 11.6 Å². The summed E-state index contributed by atoms with van der Waals surface area (Å²) in [7, 11) is 2.12. The van der Waals surface area contributed by atoms with E-state index in [0.29, 0.717) is 5.69 Å². The maximum Gasteiger partial charge on any atom is 0.226 e. The van der Waals surface area contributed by atoms with E-state index in [0.717, 1.165) is 31.9 Å². The molecule has 2 N–H and O–H groups in total. The molecule has 3 rings (SSSR count). The van der Waals surface area contributed by atoms with Crippen molar-refractivity contribution in [1.29, 1.82) is 0 Å². The molecule has 0 bridgehead atoms. The van der Waals surface area contributed by atoms with Crippen molar-refractivity contribution >= 4 is 23.0 Å². The number of para-hydroxylation sites is 1. The van der Waals surface area contributed by atoms with Crippen LogP contribution in [0.3, 0.4) is 0 Å². The molecule has 1 saturated heterocycles. The summed E-state index contributed by atoms with van der Waals surface area (Å²) in [4.78, 5) is 16.7. The highest BCUT2D eigenvalue weighted by Gasteiger charge is 2.14. The van der Waals surface area contributed by atoms with Crippen LogP contribution in [0.25, 0.3) is 0 Å². The van der Waals surface area contributed by atoms with E-state index in [4.69, 9.17) is 0 Å². The van der Waals surface area contributed by atoms with Crippen LogP contribution in [-0.2, 0) is 4.79 Å². The molecular weight excluding hydrogens is 350 g/mol. The highest BCUT2D eigenvalue weighted by Crippen LogP contribution is 2.20. The number of amides is 1. The van der Waals surface area contributed by atoms with E-state index in [9.17, 15) is 13.6 Å². The number of hydrogen-bond donors (Lipinski definition) is 2. The number of likely N-dealkylation sites (N-methyl/N-ethyl adjacent to an activating group) is 1. The van der Waals surface area contributed by atoms with E-state index < -0.39 is 11.6 Å². The van der Waals surface area contributed by atoms with Crippen molar-refractivity contribution in [3.05, 3.63) is 54.1 Å². The standard InChI is InChI=1S/C20H24F2N4O/c1-25-11-13-26(14-12-25)16-7-5-15(6-8-16)24-19(27)9-10-23-20-17(21)3-2-4-18(20)22/h2-8,23H,9-14H2,1H3,(H,24,27). The Kier molecular flexibility index (Phi) is 6.24. The van der Waals surface area contributed by atoms with Crippen LogP contribution in [0.5, 0.6) is 0 Å². The number of piperazine rings is 1. The average molecular weight is 374 g/mol. The third-order valence-corrected chi connectivity index (χ3v) is 4.64. The molecule has 7 heteroatoms. The molecular formula is C20H24F2N4O. The van der Waals surface area contributed by atoms with Crippen molar-refractivity contribution in [2.45, 2.75) is 6.42 Å². The first kappa shape index (κ1) is 19.1. The predicted octanol–water partition coefficient (Wildman–Crippen LogP) is 3.16. The van der Waals surface area contributed by atoms with Gasteiger partial charge in [0, 0.05) is 50.5 Å². The number of benzene rings is 2. The Hall–Kier alpha value is -2.67. The first-order valence-corrected chi connectivity index (χ1v) is 9.04. The Labute approximate surface area is 158 Å². The highest BCUT2D eigenvalue weighted by atomic mass is 19.1. The van der Waals surface area contributed by atoms with Gasteiger partial charge in [0.15, 0.2) is 0 Å². The monoisotopic (exact) mass is 374 g/mol. The Bertz CT molecular complexity index is 754. The quantitative estimate of drug-likeness (QED) is 0.816. The molecule has 1 aliphatic rings. The second-order valence-corrected chi connectivity index (χ2v) is 6.66. The lowest BCUT2D eigenvalue weighted by molar-refractivity contribution is -0.115. The summed E-state index contributed by atoms with van der Waals surface area (Å²) >= 11 is 0. The number of nitrogens with zero attached hydrogens (tertiary/aromatic N) is 2. The fourth-order valence-electron chi connectivity index (χ4n) is 3.01. The maximum atomic E-state index is 13.5. The van der Waals surface area contributed by atoms with Gasteiger partial charge in [-0.05, 0) is 43.4 Å². The van der Waals surface area contributed by atoms with Gasteiger partial charge in [-0.15, -0.1) is 0 Å². The van der Waals surface area contributed by atoms with E-state index in [1.807, 2.05) is 24.3 Å². The third-order valence-electron chi connectivity index (χ3n) is 4.64. The van der Waals surface area contributed by atoms with Crippen molar-refractivity contribution in [2.75, 3.05) is 55.3 Å². The zero-order valence-electron chi connectivity index (χ0n) is 15.3. The molecule has 27 heavy (non-hydrogen) atoms. The summed E-state index contributed by atoms with van der Waals surface area (Å²) < 4.78 is 27.0. The summed E-state index contributed by atoms with van der Waals surface area (Å²) in [6.45, 7) is 4.19. The minimum Gasteiger partial charge on any atom is -0.380 e. The van der Waals surface area contributed by atoms with Gasteiger partial charge in [-0.2, -0.15) is 0 Å². The summed E-state index contributed by atoms with van der Waals surface area (Å²) in [5, 5.41) is 5.43. The molecule has 0 radical (unpaired) electrons. The number of halogens is 2. The molecule has 0 unspecified atom stereocenters. The lowest BCUT2D eigenvalue weighted by atomic mass is 10.2. The molecule has 144 valence electrons. The van der Waals surface area contributed by atoms with E-state index in [-0.39, 0.29) is 24.6 Å². The van der Waals surface area contributed by atoms with E-state index >= 15 is 0 Å². The SMILES string of the molecule is CN1CCN(c2ccc(NC(=O)CCNc3c(F)cccc3F)cc2)CC1. The van der Waals surface area contributed by atoms with Crippen LogP contribution in [0.2, 0.25) is 0 Å². The second kappa shape index (κ2) is 8.81. The summed E-state index contributed by atoms with van der Waals surface area (Å²) in [6.07, 6.45) is 0.105. The Morgan fingerprint density at radius 3 is 2.26 bits per heavy atom. The van der Waals surface area contributed by atoms with Gasteiger partial charge >= 0.3 is 0 Å². The number of carbonyl (C=O) groups is 1. The van der Waals surface area contributed by atoms with Crippen LogP contribution in [0.1, 0.15) is 6.42 Å². The van der Waals surface area contributed by atoms with Crippen LogP contribution >= 0.6 is 0 Å². The zero-order chi connectivity index (χ0) is 19.2. The largest absolute Gasteiger partial charge is 0.380 e. The zero-order valence-corrected chi connectivity index (χ0v) is 15.3. The van der Waals surface area contributed by atoms with E-state index in [1.54, 1.807) is 0 Å². The summed E-state index contributed by atoms with van der Waals surface area (Å²) in [6, 6.07) is 11.4. The molecule has 1 fully saturated rings. The number of carbonyl (C=O) groups excluding carboxylic acids is 1. The first-order valence-electron chi connectivity index (χ1n) is 9.04. The molecule has 0 spiro atoms. The topological polar surface area (TPSA) is 47.6 Å². The second-order valence-electron chi connectivity index (χ2n) is 6.66. The minimum atomic E-state index is -0.671. The van der Waals surface area contributed by atoms with Gasteiger partial charge in [0.2, 0.25) is 5.91 Å². The molecule has 2 aromatic carbocycles. The lowest BCUT2D eigenvalue weighted by Crippen LogP contribution is -2.44. The van der Waals surface area contributed by atoms with Crippen LogP contribution < -0.4 is 15.5 Å². The third kappa shape index (κ3) is 5.17. The van der Waals surface area contributed by atoms with Crippen molar-refractivity contribution in [2.24, 2.45) is 0 Å². The smallest absolute Gasteiger partial charge is 0.226 e. The lowest BCUT2D eigenvalue weighted by Gasteiger charge is -2.34. The highest BCUT2D eigenvalue weighted by molar-refractivity contribution is 5.91. The van der Waals surface area contributed by atoms with Crippen LogP contribution in [-0.4, -0.2) is 50.6 Å². The van der Waals surface area contributed by atoms with Crippen molar-refractivity contribution in [1.82, 2.24) is 4.90 Å². The molecule has 0 atom stereocenters. The van der Waals surface area contributed by atoms with E-state index in [1.165, 1.54) is 18.2 Å². The summed E-state index contributed by atoms with van der Waals surface area (Å²) in [5.74, 6) is -1.56. The van der Waals surface area contributed by atoms with Gasteiger partial charge in [0.25, 0.3) is 0 Å². The molecule has 1 amide bonds. The fourth-order valence-corrected chi connectivity index (χ4v) is 3.01. The van der Waals surface area contributed by atoms with Gasteiger partial charge in [-0.1, -0.05) is 6.07 Å². The molecule has 5 nitrogen and oxygen atoms in total. The van der Waals surface area contributed by atoms with Crippen molar-refractivity contribution in [3.63, 3.8) is 0 Å². The average Bonchev–Trinajstić information content (AvgIpc) is 2.65. The minimum absolute atomic E-state index is 0.105. The van der Waals surface area contributed by atoms with Gasteiger partial charge in [0.1, 0.15) is 17.3 Å².